The topological polar surface area (TPSA) is 87.0 Å². The number of halogens is 1. The maximum Gasteiger partial charge on any atom is 0.278 e. The molecule has 2 aliphatic rings. The van der Waals surface area contributed by atoms with E-state index in [2.05, 4.69) is 15.0 Å². The third kappa shape index (κ3) is 2.33. The molecular weight excluding hydrogens is 330 g/mol. The van der Waals surface area contributed by atoms with Gasteiger partial charge in [-0.05, 0) is 32.1 Å². The average molecular weight is 352 g/mol. The SMILES string of the molecule is CN(c1nc2ncn(C3CCCC3)c2c(=O)[nH]1)[C@@]1(O)CCC[C@@H]1Cl. The zero-order chi connectivity index (χ0) is 16.9. The molecule has 2 heterocycles. The van der Waals surface area contributed by atoms with E-state index in [0.29, 0.717) is 29.6 Å². The Kier molecular flexibility index (Phi) is 3.80. The Hall–Kier alpha value is -1.60. The molecule has 0 saturated heterocycles. The Labute approximate surface area is 144 Å². The molecule has 2 saturated carbocycles. The predicted octanol–water partition coefficient (Wildman–Crippen LogP) is 2.15. The largest absolute Gasteiger partial charge is 0.369 e. The number of aromatic nitrogens is 4. The van der Waals surface area contributed by atoms with E-state index in [9.17, 15) is 9.90 Å². The van der Waals surface area contributed by atoms with Crippen molar-refractivity contribution in [3.8, 4) is 0 Å². The molecule has 130 valence electrons. The van der Waals surface area contributed by atoms with E-state index < -0.39 is 5.72 Å². The van der Waals surface area contributed by atoms with Crippen LogP contribution in [0.4, 0.5) is 5.95 Å². The van der Waals surface area contributed by atoms with E-state index in [4.69, 9.17) is 11.6 Å². The van der Waals surface area contributed by atoms with Crippen LogP contribution in [-0.2, 0) is 0 Å². The van der Waals surface area contributed by atoms with Crippen LogP contribution < -0.4 is 10.5 Å². The standard InChI is InChI=1S/C16H22ClN5O2/c1-21(16(24)8-4-7-11(16)17)15-19-13-12(14(23)20-15)22(9-18-13)10-5-2-3-6-10/h9-11,24H,2-8H2,1H3,(H,19,20,23)/t11-,16+/m0/s1. The highest BCUT2D eigenvalue weighted by molar-refractivity contribution is 6.21. The van der Waals surface area contributed by atoms with Gasteiger partial charge in [0.15, 0.2) is 16.9 Å². The first-order valence-electron chi connectivity index (χ1n) is 8.58. The summed E-state index contributed by atoms with van der Waals surface area (Å²) in [7, 11) is 1.71. The normalized spacial score (nSPS) is 28.0. The Balaban J connectivity index is 1.75. The monoisotopic (exact) mass is 351 g/mol. The lowest BCUT2D eigenvalue weighted by atomic mass is 10.1. The van der Waals surface area contributed by atoms with Gasteiger partial charge in [-0.3, -0.25) is 9.78 Å². The van der Waals surface area contributed by atoms with Gasteiger partial charge in [-0.2, -0.15) is 4.98 Å². The number of H-pyrrole nitrogens is 1. The van der Waals surface area contributed by atoms with E-state index in [0.717, 1.165) is 25.7 Å². The quantitative estimate of drug-likeness (QED) is 0.653. The molecule has 7 nitrogen and oxygen atoms in total. The zero-order valence-electron chi connectivity index (χ0n) is 13.7. The van der Waals surface area contributed by atoms with Gasteiger partial charge in [-0.25, -0.2) is 4.98 Å². The van der Waals surface area contributed by atoms with Gasteiger partial charge in [0.05, 0.1) is 11.7 Å². The maximum absolute atomic E-state index is 12.6. The van der Waals surface area contributed by atoms with Crippen molar-refractivity contribution >= 4 is 28.7 Å². The van der Waals surface area contributed by atoms with Gasteiger partial charge in [-0.1, -0.05) is 12.8 Å². The number of fused-ring (bicyclic) bond motifs is 1. The summed E-state index contributed by atoms with van der Waals surface area (Å²) in [6.45, 7) is 0. The summed E-state index contributed by atoms with van der Waals surface area (Å²) in [5.41, 5.74) is -0.488. The molecule has 0 aliphatic heterocycles. The Morgan fingerprint density at radius 3 is 2.79 bits per heavy atom. The number of imidazole rings is 1. The summed E-state index contributed by atoms with van der Waals surface area (Å²) in [6, 6.07) is 0.327. The molecule has 2 atom stereocenters. The van der Waals surface area contributed by atoms with Crippen molar-refractivity contribution in [2.75, 3.05) is 11.9 Å². The highest BCUT2D eigenvalue weighted by atomic mass is 35.5. The van der Waals surface area contributed by atoms with Crippen molar-refractivity contribution < 1.29 is 5.11 Å². The maximum atomic E-state index is 12.6. The molecule has 0 unspecified atom stereocenters. The molecule has 0 radical (unpaired) electrons. The van der Waals surface area contributed by atoms with E-state index >= 15 is 0 Å². The van der Waals surface area contributed by atoms with E-state index in [1.807, 2.05) is 4.57 Å². The van der Waals surface area contributed by atoms with Gasteiger partial charge in [0.2, 0.25) is 5.95 Å². The fraction of sp³-hybridized carbons (Fsp3) is 0.688. The van der Waals surface area contributed by atoms with Crippen LogP contribution in [0, 0.1) is 0 Å². The molecule has 0 aromatic carbocycles. The molecule has 2 aromatic rings. The molecule has 24 heavy (non-hydrogen) atoms. The van der Waals surface area contributed by atoms with Crippen molar-refractivity contribution in [3.63, 3.8) is 0 Å². The Bertz CT molecular complexity index is 812. The van der Waals surface area contributed by atoms with Crippen LogP contribution in [0.3, 0.4) is 0 Å². The predicted molar refractivity (Wildman–Crippen MR) is 92.5 cm³/mol. The Morgan fingerprint density at radius 1 is 1.38 bits per heavy atom. The second kappa shape index (κ2) is 5.74. The van der Waals surface area contributed by atoms with Crippen LogP contribution in [0.2, 0.25) is 0 Å². The van der Waals surface area contributed by atoms with Gasteiger partial charge >= 0.3 is 0 Å². The van der Waals surface area contributed by atoms with Crippen molar-refractivity contribution in [3.05, 3.63) is 16.7 Å². The lowest BCUT2D eigenvalue weighted by Crippen LogP contribution is -2.51. The first-order chi connectivity index (χ1) is 11.5. The van der Waals surface area contributed by atoms with Crippen LogP contribution in [0.25, 0.3) is 11.2 Å². The first kappa shape index (κ1) is 15.9. The number of aromatic amines is 1. The van der Waals surface area contributed by atoms with E-state index in [1.54, 1.807) is 18.3 Å². The summed E-state index contributed by atoms with van der Waals surface area (Å²) in [5, 5.41) is 10.4. The zero-order valence-corrected chi connectivity index (χ0v) is 14.5. The highest BCUT2D eigenvalue weighted by Gasteiger charge is 2.44. The summed E-state index contributed by atoms with van der Waals surface area (Å²) in [5.74, 6) is 0.305. The fourth-order valence-electron chi connectivity index (χ4n) is 4.05. The number of hydrogen-bond donors (Lipinski definition) is 2. The molecule has 0 amide bonds. The number of anilines is 1. The van der Waals surface area contributed by atoms with Gasteiger partial charge < -0.3 is 14.6 Å². The van der Waals surface area contributed by atoms with E-state index in [-0.39, 0.29) is 10.9 Å². The summed E-state index contributed by atoms with van der Waals surface area (Å²) in [6.07, 6.45) is 8.35. The van der Waals surface area contributed by atoms with Gasteiger partial charge in [0.1, 0.15) is 0 Å². The number of rotatable bonds is 3. The summed E-state index contributed by atoms with van der Waals surface area (Å²) in [4.78, 5) is 25.8. The third-order valence-electron chi connectivity index (χ3n) is 5.55. The van der Waals surface area contributed by atoms with Crippen LogP contribution >= 0.6 is 11.6 Å². The smallest absolute Gasteiger partial charge is 0.278 e. The molecule has 0 spiro atoms. The van der Waals surface area contributed by atoms with Gasteiger partial charge in [-0.15, -0.1) is 11.6 Å². The van der Waals surface area contributed by atoms with Crippen molar-refractivity contribution in [1.82, 2.24) is 19.5 Å². The van der Waals surface area contributed by atoms with Crippen molar-refractivity contribution in [1.29, 1.82) is 0 Å². The molecule has 2 N–H and O–H groups in total. The lowest BCUT2D eigenvalue weighted by Gasteiger charge is -2.36. The Morgan fingerprint density at radius 2 is 2.12 bits per heavy atom. The minimum Gasteiger partial charge on any atom is -0.369 e. The summed E-state index contributed by atoms with van der Waals surface area (Å²) < 4.78 is 1.95. The minimum atomic E-state index is -1.20. The number of aliphatic hydroxyl groups is 1. The lowest BCUT2D eigenvalue weighted by molar-refractivity contribution is 0.0509. The number of nitrogens with zero attached hydrogens (tertiary/aromatic N) is 4. The minimum absolute atomic E-state index is 0.223. The number of nitrogens with one attached hydrogen (secondary N) is 1. The first-order valence-corrected chi connectivity index (χ1v) is 9.01. The van der Waals surface area contributed by atoms with Crippen molar-refractivity contribution in [2.45, 2.75) is 62.1 Å². The summed E-state index contributed by atoms with van der Waals surface area (Å²) >= 11 is 6.28. The second-order valence-electron chi connectivity index (χ2n) is 6.95. The molecule has 0 bridgehead atoms. The number of alkyl halides is 1. The molecule has 2 aliphatic carbocycles. The van der Waals surface area contributed by atoms with Crippen LogP contribution in [0.1, 0.15) is 51.0 Å². The second-order valence-corrected chi connectivity index (χ2v) is 7.48. The fourth-order valence-corrected chi connectivity index (χ4v) is 4.46. The van der Waals surface area contributed by atoms with Crippen LogP contribution in [-0.4, -0.2) is 42.8 Å². The molecule has 8 heteroatoms. The third-order valence-corrected chi connectivity index (χ3v) is 6.11. The van der Waals surface area contributed by atoms with Crippen LogP contribution in [0.5, 0.6) is 0 Å². The molecular formula is C16H22ClN5O2. The van der Waals surface area contributed by atoms with Gasteiger partial charge in [0.25, 0.3) is 5.56 Å². The van der Waals surface area contributed by atoms with Crippen LogP contribution in [0.15, 0.2) is 11.1 Å². The van der Waals surface area contributed by atoms with Crippen molar-refractivity contribution in [2.24, 2.45) is 0 Å². The molecule has 4 rings (SSSR count). The number of hydrogen-bond acceptors (Lipinski definition) is 5. The van der Waals surface area contributed by atoms with Gasteiger partial charge in [0, 0.05) is 13.1 Å². The highest BCUT2D eigenvalue weighted by Crippen LogP contribution is 2.37. The molecule has 2 fully saturated rings. The van der Waals surface area contributed by atoms with E-state index in [1.165, 1.54) is 12.8 Å². The average Bonchev–Trinajstić information content (AvgIpc) is 3.27. The molecule has 2 aromatic heterocycles.